The molecule has 0 spiro atoms. The molecule has 6 heteroatoms. The molecule has 2 N–H and O–H groups in total. The van der Waals surface area contributed by atoms with Crippen molar-refractivity contribution in [3.05, 3.63) is 41.2 Å². The first-order valence-electron chi connectivity index (χ1n) is 11.3. The van der Waals surface area contributed by atoms with Crippen LogP contribution < -0.4 is 15.0 Å². The number of nitrogens with zero attached hydrogens (tertiary/aromatic N) is 2. The van der Waals surface area contributed by atoms with Crippen LogP contribution in [0, 0.1) is 13.8 Å². The lowest BCUT2D eigenvalue weighted by Gasteiger charge is -2.30. The van der Waals surface area contributed by atoms with E-state index in [0.717, 1.165) is 53.9 Å². The number of hydrogen-bond acceptors (Lipinski definition) is 3. The fourth-order valence-electron chi connectivity index (χ4n) is 4.53. The van der Waals surface area contributed by atoms with Crippen LogP contribution in [0.4, 0.5) is 0 Å². The monoisotopic (exact) mass is 413 g/mol. The van der Waals surface area contributed by atoms with Crippen LogP contribution in [0.5, 0.6) is 5.75 Å². The number of nitrogens with one attached hydrogen (secondary N) is 2. The summed E-state index contributed by atoms with van der Waals surface area (Å²) in [6, 6.07) is 8.64. The zero-order chi connectivity index (χ0) is 21.5. The largest absolute Gasteiger partial charge is 0.497 e. The molecule has 1 fully saturated rings. The molecule has 1 amide bonds. The molecule has 1 aliphatic heterocycles. The molecule has 6 nitrogen and oxygen atoms in total. The summed E-state index contributed by atoms with van der Waals surface area (Å²) >= 11 is 0. The van der Waals surface area contributed by atoms with Crippen LogP contribution in [0.25, 0.3) is 5.69 Å². The highest BCUT2D eigenvalue weighted by molar-refractivity contribution is 5.76. The lowest BCUT2D eigenvalue weighted by molar-refractivity contribution is -0.928. The van der Waals surface area contributed by atoms with E-state index in [-0.39, 0.29) is 5.91 Å². The average Bonchev–Trinajstić information content (AvgIpc) is 3.04. The van der Waals surface area contributed by atoms with E-state index >= 15 is 0 Å². The molecular formula is C24H37N4O2+. The predicted molar refractivity (Wildman–Crippen MR) is 120 cm³/mol. The Bertz CT molecular complexity index is 846. The fraction of sp³-hybridized carbons (Fsp3) is 0.583. The summed E-state index contributed by atoms with van der Waals surface area (Å²) in [5.41, 5.74) is 4.18. The van der Waals surface area contributed by atoms with Gasteiger partial charge in [0.25, 0.3) is 0 Å². The summed E-state index contributed by atoms with van der Waals surface area (Å²) in [5, 5.41) is 7.80. The van der Waals surface area contributed by atoms with Crippen molar-refractivity contribution in [2.75, 3.05) is 26.7 Å². The number of piperidine rings is 1. The van der Waals surface area contributed by atoms with E-state index in [1.165, 1.54) is 25.8 Å². The van der Waals surface area contributed by atoms with E-state index in [0.29, 0.717) is 12.8 Å². The van der Waals surface area contributed by atoms with Gasteiger partial charge in [-0.25, -0.2) is 4.68 Å². The molecule has 0 radical (unpaired) electrons. The van der Waals surface area contributed by atoms with Crippen molar-refractivity contribution in [2.24, 2.45) is 0 Å². The van der Waals surface area contributed by atoms with Crippen molar-refractivity contribution in [1.82, 2.24) is 15.1 Å². The minimum Gasteiger partial charge on any atom is -0.497 e. The molecule has 1 saturated heterocycles. The third-order valence-electron chi connectivity index (χ3n) is 6.42. The number of likely N-dealkylation sites (tertiary alicyclic amines) is 1. The number of aryl methyl sites for hydroxylation is 1. The molecule has 1 aliphatic rings. The SMILES string of the molecule is COc1cccc(-n2nc(C)c(CCC(=O)NCCC[NH+]3CCCC[C@@H]3C)c2C)c1. The Morgan fingerprint density at radius 1 is 1.33 bits per heavy atom. The van der Waals surface area contributed by atoms with Gasteiger partial charge < -0.3 is 15.0 Å². The van der Waals surface area contributed by atoms with Gasteiger partial charge in [-0.2, -0.15) is 5.10 Å². The molecule has 0 aliphatic carbocycles. The Hall–Kier alpha value is -2.34. The summed E-state index contributed by atoms with van der Waals surface area (Å²) < 4.78 is 7.27. The minimum atomic E-state index is 0.129. The number of carbonyl (C=O) groups is 1. The molecule has 0 bridgehead atoms. The van der Waals surface area contributed by atoms with Crippen molar-refractivity contribution in [1.29, 1.82) is 0 Å². The fourth-order valence-corrected chi connectivity index (χ4v) is 4.53. The molecule has 2 atom stereocenters. The average molecular weight is 414 g/mol. The van der Waals surface area contributed by atoms with Crippen LogP contribution in [0.2, 0.25) is 0 Å². The van der Waals surface area contributed by atoms with Gasteiger partial charge in [-0.3, -0.25) is 4.79 Å². The quantitative estimate of drug-likeness (QED) is 0.621. The number of ether oxygens (including phenoxy) is 1. The summed E-state index contributed by atoms with van der Waals surface area (Å²) in [7, 11) is 1.67. The zero-order valence-corrected chi connectivity index (χ0v) is 19.0. The number of hydrogen-bond donors (Lipinski definition) is 2. The molecule has 0 saturated carbocycles. The van der Waals surface area contributed by atoms with Crippen LogP contribution in [0.15, 0.2) is 24.3 Å². The van der Waals surface area contributed by atoms with Crippen molar-refractivity contribution in [3.8, 4) is 11.4 Å². The van der Waals surface area contributed by atoms with Gasteiger partial charge in [-0.05, 0) is 64.2 Å². The molecule has 30 heavy (non-hydrogen) atoms. The van der Waals surface area contributed by atoms with Crippen LogP contribution in [-0.4, -0.2) is 48.5 Å². The Balaban J connectivity index is 1.48. The number of amides is 1. The van der Waals surface area contributed by atoms with Gasteiger partial charge in [0.1, 0.15) is 5.75 Å². The number of aromatic nitrogens is 2. The van der Waals surface area contributed by atoms with Crippen molar-refractivity contribution < 1.29 is 14.4 Å². The smallest absolute Gasteiger partial charge is 0.220 e. The minimum absolute atomic E-state index is 0.129. The Labute approximate surface area is 180 Å². The van der Waals surface area contributed by atoms with Crippen LogP contribution >= 0.6 is 0 Å². The normalized spacial score (nSPS) is 18.9. The summed E-state index contributed by atoms with van der Waals surface area (Å²) in [4.78, 5) is 14.1. The summed E-state index contributed by atoms with van der Waals surface area (Å²) in [5.74, 6) is 0.936. The Morgan fingerprint density at radius 3 is 2.93 bits per heavy atom. The van der Waals surface area contributed by atoms with Gasteiger partial charge in [0, 0.05) is 31.1 Å². The van der Waals surface area contributed by atoms with Gasteiger partial charge in [0.15, 0.2) is 0 Å². The first kappa shape index (κ1) is 22.3. The molecule has 1 aromatic heterocycles. The molecule has 2 aromatic rings. The summed E-state index contributed by atoms with van der Waals surface area (Å²) in [6.07, 6.45) is 6.31. The maximum absolute atomic E-state index is 12.4. The second-order valence-corrected chi connectivity index (χ2v) is 8.52. The highest BCUT2D eigenvalue weighted by atomic mass is 16.5. The second-order valence-electron chi connectivity index (χ2n) is 8.52. The molecule has 1 aromatic carbocycles. The third-order valence-corrected chi connectivity index (χ3v) is 6.42. The second kappa shape index (κ2) is 10.6. The van der Waals surface area contributed by atoms with Crippen molar-refractivity contribution >= 4 is 5.91 Å². The van der Waals surface area contributed by atoms with Gasteiger partial charge in [-0.1, -0.05) is 6.07 Å². The van der Waals surface area contributed by atoms with Gasteiger partial charge in [-0.15, -0.1) is 0 Å². The number of benzene rings is 1. The van der Waals surface area contributed by atoms with E-state index < -0.39 is 0 Å². The maximum Gasteiger partial charge on any atom is 0.220 e. The molecular weight excluding hydrogens is 376 g/mol. The van der Waals surface area contributed by atoms with E-state index in [1.807, 2.05) is 35.9 Å². The summed E-state index contributed by atoms with van der Waals surface area (Å²) in [6.45, 7) is 9.65. The van der Waals surface area contributed by atoms with E-state index in [2.05, 4.69) is 19.2 Å². The van der Waals surface area contributed by atoms with Crippen LogP contribution in [0.1, 0.15) is 56.0 Å². The first-order valence-corrected chi connectivity index (χ1v) is 11.3. The van der Waals surface area contributed by atoms with Gasteiger partial charge >= 0.3 is 0 Å². The highest BCUT2D eigenvalue weighted by Gasteiger charge is 2.21. The molecule has 1 unspecified atom stereocenters. The molecule has 3 rings (SSSR count). The lowest BCUT2D eigenvalue weighted by atomic mass is 10.0. The first-order chi connectivity index (χ1) is 14.5. The predicted octanol–water partition coefficient (Wildman–Crippen LogP) is 2.39. The Kier molecular flexibility index (Phi) is 7.91. The van der Waals surface area contributed by atoms with Crippen molar-refractivity contribution in [3.63, 3.8) is 0 Å². The zero-order valence-electron chi connectivity index (χ0n) is 19.0. The topological polar surface area (TPSA) is 60.6 Å². The van der Waals surface area contributed by atoms with E-state index in [4.69, 9.17) is 9.84 Å². The van der Waals surface area contributed by atoms with E-state index in [1.54, 1.807) is 12.0 Å². The molecule has 2 heterocycles. The Morgan fingerprint density at radius 2 is 2.17 bits per heavy atom. The highest BCUT2D eigenvalue weighted by Crippen LogP contribution is 2.22. The maximum atomic E-state index is 12.4. The van der Waals surface area contributed by atoms with Crippen LogP contribution in [0.3, 0.4) is 0 Å². The number of carbonyl (C=O) groups excluding carboxylic acids is 1. The third kappa shape index (κ3) is 5.63. The van der Waals surface area contributed by atoms with Gasteiger partial charge in [0.05, 0.1) is 37.6 Å². The van der Waals surface area contributed by atoms with Gasteiger partial charge in [0.2, 0.25) is 5.91 Å². The number of methoxy groups -OCH3 is 1. The number of rotatable bonds is 9. The van der Waals surface area contributed by atoms with Crippen molar-refractivity contribution in [2.45, 2.75) is 65.3 Å². The number of quaternary nitrogens is 1. The van der Waals surface area contributed by atoms with Crippen LogP contribution in [-0.2, 0) is 11.2 Å². The molecule has 164 valence electrons. The lowest BCUT2D eigenvalue weighted by Crippen LogP contribution is -3.16. The van der Waals surface area contributed by atoms with E-state index in [9.17, 15) is 4.79 Å². The standard InChI is InChI=1S/C24H36N4O2/c1-18-9-5-6-15-27(18)16-8-14-25-24(29)13-12-23-19(2)26-28(20(23)3)21-10-7-11-22(17-21)30-4/h7,10-11,17-18H,5-6,8-9,12-16H2,1-4H3,(H,25,29)/p+1/t18-/m0/s1.